The van der Waals surface area contributed by atoms with Crippen molar-refractivity contribution < 1.29 is 28.9 Å². The minimum absolute atomic E-state index is 0.0208. The lowest BCUT2D eigenvalue weighted by atomic mass is 9.51. The molecule has 1 saturated heterocycles. The zero-order valence-corrected chi connectivity index (χ0v) is 20.9. The number of phenols is 1. The third-order valence-corrected chi connectivity index (χ3v) is 9.08. The van der Waals surface area contributed by atoms with Crippen molar-refractivity contribution in [1.82, 2.24) is 0 Å². The first-order valence-corrected chi connectivity index (χ1v) is 12.2. The van der Waals surface area contributed by atoms with Crippen LogP contribution in [0, 0.1) is 11.8 Å². The fourth-order valence-corrected chi connectivity index (χ4v) is 7.16. The van der Waals surface area contributed by atoms with Crippen LogP contribution in [0.2, 0.25) is 0 Å². The quantitative estimate of drug-likeness (QED) is 0.633. The van der Waals surface area contributed by atoms with Gasteiger partial charge in [-0.3, -0.25) is 9.59 Å². The van der Waals surface area contributed by atoms with E-state index in [0.717, 1.165) is 11.1 Å². The smallest absolute Gasteiger partial charge is 0.200 e. The van der Waals surface area contributed by atoms with Crippen molar-refractivity contribution in [2.24, 2.45) is 11.8 Å². The fourth-order valence-electron chi connectivity index (χ4n) is 7.16. The SMILES string of the molecule is CC(C)=CC[C@@]12OC(C)(C)[C@H]3C[C@@H](C=C4C(=O)c5c(O)cc6c(c5O[C@]431)C(C)(C)[C@H](C)O6)C2=O. The maximum absolute atomic E-state index is 14.1. The second-order valence-electron chi connectivity index (χ2n) is 12.0. The van der Waals surface area contributed by atoms with Gasteiger partial charge in [0.25, 0.3) is 0 Å². The van der Waals surface area contributed by atoms with E-state index in [1.54, 1.807) is 6.08 Å². The third kappa shape index (κ3) is 2.22. The van der Waals surface area contributed by atoms with Gasteiger partial charge in [0.1, 0.15) is 28.9 Å². The van der Waals surface area contributed by atoms with Crippen molar-refractivity contribution in [3.8, 4) is 17.2 Å². The first-order valence-electron chi connectivity index (χ1n) is 12.2. The van der Waals surface area contributed by atoms with Gasteiger partial charge in [-0.25, -0.2) is 0 Å². The maximum atomic E-state index is 14.1. The molecule has 0 radical (unpaired) electrons. The summed E-state index contributed by atoms with van der Waals surface area (Å²) < 4.78 is 19.8. The molecule has 4 bridgehead atoms. The van der Waals surface area contributed by atoms with E-state index < -0.39 is 28.1 Å². The summed E-state index contributed by atoms with van der Waals surface area (Å²) in [5.74, 6) is -0.182. The molecule has 6 nitrogen and oxygen atoms in total. The number of phenolic OH excluding ortho intramolecular Hbond substituents is 1. The molecule has 3 aliphatic carbocycles. The Balaban J connectivity index is 1.68. The Bertz CT molecular complexity index is 1250. The van der Waals surface area contributed by atoms with Gasteiger partial charge in [-0.15, -0.1) is 0 Å². The van der Waals surface area contributed by atoms with E-state index in [2.05, 4.69) is 13.8 Å². The second kappa shape index (κ2) is 6.14. The van der Waals surface area contributed by atoms with Crippen LogP contribution in [0.1, 0.15) is 77.2 Å². The van der Waals surface area contributed by atoms with Gasteiger partial charge in [0, 0.05) is 40.9 Å². The molecule has 3 heterocycles. The van der Waals surface area contributed by atoms with Crippen molar-refractivity contribution in [1.29, 1.82) is 0 Å². The Morgan fingerprint density at radius 1 is 1.21 bits per heavy atom. The molecule has 1 aromatic rings. The summed E-state index contributed by atoms with van der Waals surface area (Å²) >= 11 is 0. The number of fused-ring (bicyclic) bond motifs is 3. The van der Waals surface area contributed by atoms with Crippen LogP contribution in [0.4, 0.5) is 0 Å². The lowest BCUT2D eigenvalue weighted by Crippen LogP contribution is -2.72. The van der Waals surface area contributed by atoms with Gasteiger partial charge in [-0.2, -0.15) is 0 Å². The summed E-state index contributed by atoms with van der Waals surface area (Å²) in [6.07, 6.45) is 4.53. The van der Waals surface area contributed by atoms with Crippen LogP contribution in [0.25, 0.3) is 0 Å². The average Bonchev–Trinajstić information content (AvgIpc) is 3.05. The molecule has 1 N–H and O–H groups in total. The van der Waals surface area contributed by atoms with Gasteiger partial charge in [0.2, 0.25) is 0 Å². The molecule has 6 heteroatoms. The van der Waals surface area contributed by atoms with Crippen molar-refractivity contribution >= 4 is 11.6 Å². The van der Waals surface area contributed by atoms with E-state index in [1.165, 1.54) is 6.07 Å². The zero-order chi connectivity index (χ0) is 24.6. The number of benzene rings is 1. The minimum Gasteiger partial charge on any atom is -0.507 e. The lowest BCUT2D eigenvalue weighted by molar-refractivity contribution is -0.171. The molecule has 0 aromatic heterocycles. The van der Waals surface area contributed by atoms with Crippen LogP contribution < -0.4 is 9.47 Å². The number of hydrogen-bond donors (Lipinski definition) is 1. The largest absolute Gasteiger partial charge is 0.507 e. The lowest BCUT2D eigenvalue weighted by Gasteiger charge is -2.56. The molecule has 1 saturated carbocycles. The number of rotatable bonds is 2. The fraction of sp³-hybridized carbons (Fsp3) is 0.571. The molecule has 1 aromatic carbocycles. The van der Waals surface area contributed by atoms with Gasteiger partial charge in [0.05, 0.1) is 5.60 Å². The van der Waals surface area contributed by atoms with Gasteiger partial charge < -0.3 is 19.3 Å². The summed E-state index contributed by atoms with van der Waals surface area (Å²) in [6, 6.07) is 1.53. The van der Waals surface area contributed by atoms with Gasteiger partial charge in [0.15, 0.2) is 22.8 Å². The van der Waals surface area contributed by atoms with E-state index in [1.807, 2.05) is 40.7 Å². The van der Waals surface area contributed by atoms with E-state index in [-0.39, 0.29) is 34.9 Å². The normalized spacial score (nSPS) is 37.3. The number of Topliss-reactive ketones (excluding diaryl/α,β-unsaturated/α-hetero) is 2. The van der Waals surface area contributed by atoms with E-state index in [4.69, 9.17) is 14.2 Å². The number of carbonyl (C=O) groups is 2. The van der Waals surface area contributed by atoms with Crippen LogP contribution in [0.3, 0.4) is 0 Å². The topological polar surface area (TPSA) is 82.1 Å². The van der Waals surface area contributed by atoms with Gasteiger partial charge in [-0.1, -0.05) is 31.6 Å². The maximum Gasteiger partial charge on any atom is 0.200 e. The number of ketones is 2. The number of hydrogen-bond acceptors (Lipinski definition) is 6. The molecule has 0 unspecified atom stereocenters. The molecule has 180 valence electrons. The third-order valence-electron chi connectivity index (χ3n) is 9.08. The molecular formula is C28H32O6. The number of ether oxygens (including phenoxy) is 3. The predicted molar refractivity (Wildman–Crippen MR) is 126 cm³/mol. The summed E-state index contributed by atoms with van der Waals surface area (Å²) in [5, 5.41) is 10.9. The highest BCUT2D eigenvalue weighted by Crippen LogP contribution is 2.69. The first-order chi connectivity index (χ1) is 15.8. The molecular weight excluding hydrogens is 432 g/mol. The number of carbonyl (C=O) groups excluding carboxylic acids is 2. The molecule has 2 fully saturated rings. The van der Waals surface area contributed by atoms with Gasteiger partial charge in [-0.05, 0) is 41.0 Å². The van der Waals surface area contributed by atoms with Crippen molar-refractivity contribution in [3.63, 3.8) is 0 Å². The molecule has 5 atom stereocenters. The average molecular weight is 465 g/mol. The number of aromatic hydroxyl groups is 1. The monoisotopic (exact) mass is 464 g/mol. The molecule has 34 heavy (non-hydrogen) atoms. The van der Waals surface area contributed by atoms with Gasteiger partial charge >= 0.3 is 0 Å². The summed E-state index contributed by atoms with van der Waals surface area (Å²) in [5.41, 5.74) is -1.22. The van der Waals surface area contributed by atoms with Crippen molar-refractivity contribution in [2.75, 3.05) is 0 Å². The van der Waals surface area contributed by atoms with Crippen LogP contribution in [0.5, 0.6) is 17.2 Å². The van der Waals surface area contributed by atoms with Crippen LogP contribution in [0.15, 0.2) is 29.4 Å². The Morgan fingerprint density at radius 3 is 2.59 bits per heavy atom. The second-order valence-corrected chi connectivity index (χ2v) is 12.0. The Morgan fingerprint density at radius 2 is 1.91 bits per heavy atom. The highest BCUT2D eigenvalue weighted by molar-refractivity contribution is 6.18. The minimum atomic E-state index is -1.30. The van der Waals surface area contributed by atoms with Crippen LogP contribution in [-0.2, 0) is 14.9 Å². The molecule has 0 amide bonds. The summed E-state index contributed by atoms with van der Waals surface area (Å²) in [6.45, 7) is 14.0. The summed E-state index contributed by atoms with van der Waals surface area (Å²) in [4.78, 5) is 28.1. The number of allylic oxidation sites excluding steroid dienone is 2. The predicted octanol–water partition coefficient (Wildman–Crippen LogP) is 4.81. The van der Waals surface area contributed by atoms with Crippen LogP contribution in [-0.4, -0.2) is 39.6 Å². The zero-order valence-electron chi connectivity index (χ0n) is 20.9. The van der Waals surface area contributed by atoms with E-state index in [9.17, 15) is 14.7 Å². The molecule has 3 aliphatic heterocycles. The van der Waals surface area contributed by atoms with E-state index >= 15 is 0 Å². The highest BCUT2D eigenvalue weighted by Gasteiger charge is 2.81. The standard InChI is InChI=1S/C28H32O6/c1-13(2)8-9-27-24(31)15-10-16-22(30)20-17(29)12-18-21(25(4,5)14(3)32-18)23(20)33-28(16,27)19(11-15)26(6,7)34-27/h8,10,12,14-15,19,29H,9,11H2,1-7H3/t14-,15+,19+,27-,28+/m0/s1. The highest BCUT2D eigenvalue weighted by atomic mass is 16.6. The van der Waals surface area contributed by atoms with Crippen molar-refractivity contribution in [2.45, 2.75) is 89.6 Å². The molecule has 7 rings (SSSR count). The first kappa shape index (κ1) is 21.9. The molecule has 1 spiro atoms. The Labute approximate surface area is 200 Å². The Kier molecular flexibility index (Phi) is 3.96. The van der Waals surface area contributed by atoms with Crippen molar-refractivity contribution in [3.05, 3.63) is 40.5 Å². The summed E-state index contributed by atoms with van der Waals surface area (Å²) in [7, 11) is 0. The molecule has 6 aliphatic rings. The van der Waals surface area contributed by atoms with Crippen LogP contribution >= 0.6 is 0 Å². The Hall–Kier alpha value is -2.60. The van der Waals surface area contributed by atoms with E-state index in [0.29, 0.717) is 29.9 Å².